The third-order valence-corrected chi connectivity index (χ3v) is 5.80. The van der Waals surface area contributed by atoms with E-state index in [4.69, 9.17) is 5.26 Å². The molecule has 0 amide bonds. The Morgan fingerprint density at radius 2 is 2.19 bits per heavy atom. The summed E-state index contributed by atoms with van der Waals surface area (Å²) in [6, 6.07) is 4.85. The number of hydrogen-bond donors (Lipinski definition) is 1. The molecule has 0 atom stereocenters. The predicted molar refractivity (Wildman–Crippen MR) is 79.0 cm³/mol. The second kappa shape index (κ2) is 6.98. The molecule has 6 nitrogen and oxygen atoms in total. The van der Waals surface area contributed by atoms with Crippen LogP contribution in [0.25, 0.3) is 0 Å². The quantitative estimate of drug-likeness (QED) is 0.875. The molecule has 2 heterocycles. The highest BCUT2D eigenvalue weighted by atomic mass is 32.2. The van der Waals surface area contributed by atoms with E-state index in [0.717, 1.165) is 25.8 Å². The summed E-state index contributed by atoms with van der Waals surface area (Å²) >= 11 is 0. The largest absolute Gasteiger partial charge is 0.320 e. The van der Waals surface area contributed by atoms with E-state index in [0.29, 0.717) is 19.0 Å². The van der Waals surface area contributed by atoms with E-state index in [1.54, 1.807) is 6.07 Å². The molecular formula is C14H20N4O2S. The first-order chi connectivity index (χ1) is 10.1. The number of aromatic nitrogens is 1. The third-order valence-electron chi connectivity index (χ3n) is 3.87. The van der Waals surface area contributed by atoms with Crippen molar-refractivity contribution in [3.63, 3.8) is 0 Å². The lowest BCUT2D eigenvalue weighted by Crippen LogP contribution is -2.39. The van der Waals surface area contributed by atoms with Crippen molar-refractivity contribution >= 4 is 10.0 Å². The van der Waals surface area contributed by atoms with Crippen LogP contribution in [-0.2, 0) is 10.0 Å². The summed E-state index contributed by atoms with van der Waals surface area (Å²) in [6.45, 7) is 1.98. The molecule has 1 aromatic heterocycles. The van der Waals surface area contributed by atoms with Crippen molar-refractivity contribution in [1.29, 1.82) is 5.26 Å². The lowest BCUT2D eigenvalue weighted by molar-refractivity contribution is 0.263. The Balaban J connectivity index is 2.10. The predicted octanol–water partition coefficient (Wildman–Crippen LogP) is 0.963. The summed E-state index contributed by atoms with van der Waals surface area (Å²) in [4.78, 5) is 3.85. The van der Waals surface area contributed by atoms with Crippen LogP contribution in [0.5, 0.6) is 0 Å². The van der Waals surface area contributed by atoms with Gasteiger partial charge in [-0.1, -0.05) is 0 Å². The fraction of sp³-hybridized carbons (Fsp3) is 0.571. The van der Waals surface area contributed by atoms with Crippen molar-refractivity contribution in [3.05, 3.63) is 24.0 Å². The molecule has 0 aromatic carbocycles. The lowest BCUT2D eigenvalue weighted by atomic mass is 9.95. The Bertz CT molecular complexity index is 616. The topological polar surface area (TPSA) is 86.1 Å². The molecule has 1 saturated heterocycles. The van der Waals surface area contributed by atoms with Crippen LogP contribution in [0.2, 0.25) is 0 Å². The van der Waals surface area contributed by atoms with Crippen LogP contribution in [0, 0.1) is 17.2 Å². The number of rotatable bonds is 5. The number of hydrogen-bond acceptors (Lipinski definition) is 5. The van der Waals surface area contributed by atoms with Gasteiger partial charge in [-0.15, -0.1) is 0 Å². The summed E-state index contributed by atoms with van der Waals surface area (Å²) in [7, 11) is -1.69. The minimum absolute atomic E-state index is 0.0150. The average Bonchev–Trinajstić information content (AvgIpc) is 2.53. The van der Waals surface area contributed by atoms with E-state index < -0.39 is 10.0 Å². The Labute approximate surface area is 125 Å². The van der Waals surface area contributed by atoms with Crippen LogP contribution in [-0.4, -0.2) is 44.4 Å². The fourth-order valence-electron chi connectivity index (χ4n) is 2.61. The molecule has 2 rings (SSSR count). The van der Waals surface area contributed by atoms with Gasteiger partial charge < -0.3 is 5.32 Å². The van der Waals surface area contributed by atoms with E-state index >= 15 is 0 Å². The number of piperidine rings is 1. The number of nitriles is 1. The van der Waals surface area contributed by atoms with Crippen LogP contribution in [0.15, 0.2) is 23.2 Å². The zero-order valence-electron chi connectivity index (χ0n) is 12.1. The van der Waals surface area contributed by atoms with Gasteiger partial charge >= 0.3 is 0 Å². The maximum Gasteiger partial charge on any atom is 0.245 e. The smallest absolute Gasteiger partial charge is 0.245 e. The van der Waals surface area contributed by atoms with Gasteiger partial charge in [0.2, 0.25) is 10.0 Å². The van der Waals surface area contributed by atoms with Crippen molar-refractivity contribution < 1.29 is 8.42 Å². The van der Waals surface area contributed by atoms with Gasteiger partial charge in [-0.2, -0.15) is 9.57 Å². The highest BCUT2D eigenvalue weighted by Gasteiger charge is 2.31. The first-order valence-corrected chi connectivity index (χ1v) is 8.53. The highest BCUT2D eigenvalue weighted by Crippen LogP contribution is 2.26. The van der Waals surface area contributed by atoms with Gasteiger partial charge in [0.15, 0.2) is 5.69 Å². The minimum Gasteiger partial charge on any atom is -0.320 e. The standard InChI is InChI=1S/C14H20N4O2S/c1-16-8-4-12-5-9-18(10-6-12)21(19,20)14-3-2-7-17-13(14)11-15/h2-3,7,12,16H,4-6,8-10H2,1H3. The summed E-state index contributed by atoms with van der Waals surface area (Å²) in [6.07, 6.45) is 4.23. The summed E-state index contributed by atoms with van der Waals surface area (Å²) in [5.41, 5.74) is -0.0326. The number of nitrogens with zero attached hydrogens (tertiary/aromatic N) is 3. The zero-order valence-corrected chi connectivity index (χ0v) is 12.9. The SMILES string of the molecule is CNCCC1CCN(S(=O)(=O)c2cccnc2C#N)CC1. The molecule has 1 N–H and O–H groups in total. The Morgan fingerprint density at radius 1 is 1.48 bits per heavy atom. The summed E-state index contributed by atoms with van der Waals surface area (Å²) < 4.78 is 26.7. The van der Waals surface area contributed by atoms with Gasteiger partial charge in [-0.3, -0.25) is 0 Å². The maximum absolute atomic E-state index is 12.6. The molecule has 0 unspecified atom stereocenters. The molecule has 0 aliphatic carbocycles. The van der Waals surface area contributed by atoms with Crippen LogP contribution >= 0.6 is 0 Å². The highest BCUT2D eigenvalue weighted by molar-refractivity contribution is 7.89. The van der Waals surface area contributed by atoms with Crippen LogP contribution in [0.3, 0.4) is 0 Å². The van der Waals surface area contributed by atoms with Crippen molar-refractivity contribution in [3.8, 4) is 6.07 Å². The number of nitrogens with one attached hydrogen (secondary N) is 1. The second-order valence-corrected chi connectivity index (χ2v) is 7.11. The Kier molecular flexibility index (Phi) is 5.28. The molecule has 7 heteroatoms. The van der Waals surface area contributed by atoms with Crippen molar-refractivity contribution in [1.82, 2.24) is 14.6 Å². The molecule has 0 radical (unpaired) electrons. The Hall–Kier alpha value is -1.49. The first kappa shape index (κ1) is 15.9. The van der Waals surface area contributed by atoms with E-state index in [1.807, 2.05) is 13.1 Å². The number of pyridine rings is 1. The Morgan fingerprint density at radius 3 is 2.81 bits per heavy atom. The molecule has 1 aliphatic rings. The molecular weight excluding hydrogens is 288 g/mol. The average molecular weight is 308 g/mol. The molecule has 0 spiro atoms. The van der Waals surface area contributed by atoms with Gasteiger partial charge in [0, 0.05) is 19.3 Å². The van der Waals surface area contributed by atoms with Crippen LogP contribution in [0.4, 0.5) is 0 Å². The van der Waals surface area contributed by atoms with E-state index in [2.05, 4.69) is 10.3 Å². The van der Waals surface area contributed by atoms with Crippen molar-refractivity contribution in [2.45, 2.75) is 24.2 Å². The first-order valence-electron chi connectivity index (χ1n) is 7.09. The maximum atomic E-state index is 12.6. The molecule has 0 bridgehead atoms. The number of sulfonamides is 1. The second-order valence-electron chi connectivity index (χ2n) is 5.20. The minimum atomic E-state index is -3.62. The van der Waals surface area contributed by atoms with E-state index in [1.165, 1.54) is 16.6 Å². The summed E-state index contributed by atoms with van der Waals surface area (Å²) in [5.74, 6) is 0.563. The monoisotopic (exact) mass is 308 g/mol. The van der Waals surface area contributed by atoms with E-state index in [-0.39, 0.29) is 10.6 Å². The van der Waals surface area contributed by atoms with E-state index in [9.17, 15) is 8.42 Å². The molecule has 1 aliphatic heterocycles. The molecule has 1 aromatic rings. The molecule has 21 heavy (non-hydrogen) atoms. The fourth-order valence-corrected chi connectivity index (χ4v) is 4.17. The molecule has 1 fully saturated rings. The molecule has 0 saturated carbocycles. The lowest BCUT2D eigenvalue weighted by Gasteiger charge is -2.31. The van der Waals surface area contributed by atoms with Gasteiger partial charge in [0.25, 0.3) is 0 Å². The van der Waals surface area contributed by atoms with Gasteiger partial charge in [0.1, 0.15) is 11.0 Å². The van der Waals surface area contributed by atoms with Gasteiger partial charge in [0.05, 0.1) is 0 Å². The van der Waals surface area contributed by atoms with Crippen LogP contribution in [0.1, 0.15) is 25.0 Å². The molecule has 114 valence electrons. The third kappa shape index (κ3) is 3.59. The zero-order chi connectivity index (χ0) is 15.3. The van der Waals surface area contributed by atoms with Gasteiger partial charge in [-0.05, 0) is 50.9 Å². The van der Waals surface area contributed by atoms with Gasteiger partial charge in [-0.25, -0.2) is 13.4 Å². The normalized spacial score (nSPS) is 17.5. The van der Waals surface area contributed by atoms with Crippen molar-refractivity contribution in [2.24, 2.45) is 5.92 Å². The van der Waals surface area contributed by atoms with Crippen LogP contribution < -0.4 is 5.32 Å². The van der Waals surface area contributed by atoms with Crippen molar-refractivity contribution in [2.75, 3.05) is 26.7 Å². The summed E-state index contributed by atoms with van der Waals surface area (Å²) in [5, 5.41) is 12.1.